The lowest BCUT2D eigenvalue weighted by atomic mass is 10.2. The largest absolute Gasteiger partial charge is 0.355 e. The van der Waals surface area contributed by atoms with E-state index < -0.39 is 0 Å². The van der Waals surface area contributed by atoms with Crippen LogP contribution in [0.1, 0.15) is 23.2 Å². The van der Waals surface area contributed by atoms with E-state index >= 15 is 0 Å². The first-order valence-corrected chi connectivity index (χ1v) is 7.24. The van der Waals surface area contributed by atoms with Gasteiger partial charge in [-0.3, -0.25) is 9.59 Å². The molecule has 2 aromatic heterocycles. The van der Waals surface area contributed by atoms with E-state index in [0.717, 1.165) is 15.3 Å². The number of fused-ring (bicyclic) bond motifs is 1. The van der Waals surface area contributed by atoms with Crippen LogP contribution in [0.2, 0.25) is 0 Å². The Balaban J connectivity index is 2.05. The molecule has 0 bridgehead atoms. The average molecular weight is 294 g/mol. The molecule has 2 heterocycles. The molecular formula is C13H18N4O2S. The maximum absolute atomic E-state index is 12.0. The lowest BCUT2D eigenvalue weighted by Gasteiger charge is -2.05. The Kier molecular flexibility index (Phi) is 4.51. The van der Waals surface area contributed by atoms with Crippen LogP contribution in [0.15, 0.2) is 4.79 Å². The highest BCUT2D eigenvalue weighted by molar-refractivity contribution is 7.18. The summed E-state index contributed by atoms with van der Waals surface area (Å²) in [5.41, 5.74) is 0.916. The van der Waals surface area contributed by atoms with Gasteiger partial charge in [0, 0.05) is 24.9 Å². The molecule has 20 heavy (non-hydrogen) atoms. The van der Waals surface area contributed by atoms with Crippen molar-refractivity contribution in [3.8, 4) is 0 Å². The molecule has 0 saturated heterocycles. The van der Waals surface area contributed by atoms with E-state index in [0.29, 0.717) is 30.8 Å². The fourth-order valence-corrected chi connectivity index (χ4v) is 2.97. The van der Waals surface area contributed by atoms with Crippen molar-refractivity contribution in [1.82, 2.24) is 20.6 Å². The van der Waals surface area contributed by atoms with Gasteiger partial charge in [-0.1, -0.05) is 0 Å². The fourth-order valence-electron chi connectivity index (χ4n) is 1.92. The zero-order valence-corrected chi connectivity index (χ0v) is 12.6. The van der Waals surface area contributed by atoms with Crippen molar-refractivity contribution < 1.29 is 4.79 Å². The van der Waals surface area contributed by atoms with Gasteiger partial charge < -0.3 is 15.6 Å². The van der Waals surface area contributed by atoms with Crippen molar-refractivity contribution in [3.05, 3.63) is 26.6 Å². The summed E-state index contributed by atoms with van der Waals surface area (Å²) < 4.78 is 0. The van der Waals surface area contributed by atoms with Crippen molar-refractivity contribution in [2.24, 2.45) is 0 Å². The number of hydrogen-bond donors (Lipinski definition) is 3. The van der Waals surface area contributed by atoms with Gasteiger partial charge in [0.1, 0.15) is 10.7 Å². The molecule has 0 atom stereocenters. The van der Waals surface area contributed by atoms with Gasteiger partial charge in [0.25, 0.3) is 5.56 Å². The first kappa shape index (κ1) is 14.7. The molecule has 108 valence electrons. The normalized spacial score (nSPS) is 10.9. The van der Waals surface area contributed by atoms with Crippen LogP contribution in [0.3, 0.4) is 0 Å². The van der Waals surface area contributed by atoms with Gasteiger partial charge in [-0.05, 0) is 19.4 Å². The van der Waals surface area contributed by atoms with Crippen LogP contribution in [-0.4, -0.2) is 29.0 Å². The minimum atomic E-state index is -0.0875. The molecule has 0 aliphatic heterocycles. The van der Waals surface area contributed by atoms with Crippen molar-refractivity contribution in [2.75, 3.05) is 13.1 Å². The Morgan fingerprint density at radius 3 is 2.80 bits per heavy atom. The molecule has 3 N–H and O–H groups in total. The number of aryl methyl sites for hydroxylation is 2. The number of nitrogens with zero attached hydrogens (tertiary/aromatic N) is 1. The summed E-state index contributed by atoms with van der Waals surface area (Å²) in [7, 11) is 0. The van der Waals surface area contributed by atoms with E-state index in [-0.39, 0.29) is 11.5 Å². The van der Waals surface area contributed by atoms with Gasteiger partial charge in [-0.2, -0.15) is 0 Å². The molecule has 0 unspecified atom stereocenters. The zero-order valence-electron chi connectivity index (χ0n) is 11.8. The van der Waals surface area contributed by atoms with Crippen molar-refractivity contribution in [1.29, 1.82) is 0 Å². The van der Waals surface area contributed by atoms with Gasteiger partial charge in [-0.15, -0.1) is 11.3 Å². The first-order valence-electron chi connectivity index (χ1n) is 6.43. The summed E-state index contributed by atoms with van der Waals surface area (Å²) in [6.07, 6.45) is 0. The molecule has 0 saturated carbocycles. The van der Waals surface area contributed by atoms with E-state index in [9.17, 15) is 9.59 Å². The van der Waals surface area contributed by atoms with Gasteiger partial charge in [-0.25, -0.2) is 4.98 Å². The lowest BCUT2D eigenvalue weighted by molar-refractivity contribution is -0.118. The standard InChI is InChI=1S/C13H18N4O2S/c1-7-8(2)20-13-11(7)12(19)16-10(17-13)6-14-4-5-15-9(3)18/h14H,4-6H2,1-3H3,(H,15,18)(H,16,17,19). The monoisotopic (exact) mass is 294 g/mol. The molecule has 0 radical (unpaired) electrons. The Morgan fingerprint density at radius 2 is 2.10 bits per heavy atom. The van der Waals surface area contributed by atoms with E-state index in [1.165, 1.54) is 18.3 Å². The zero-order chi connectivity index (χ0) is 14.7. The minimum absolute atomic E-state index is 0.0516. The summed E-state index contributed by atoms with van der Waals surface area (Å²) in [5, 5.41) is 6.51. The van der Waals surface area contributed by atoms with Gasteiger partial charge >= 0.3 is 0 Å². The summed E-state index contributed by atoms with van der Waals surface area (Å²) in [6.45, 7) is 7.07. The first-order chi connectivity index (χ1) is 9.49. The maximum atomic E-state index is 12.0. The van der Waals surface area contributed by atoms with Gasteiger partial charge in [0.15, 0.2) is 0 Å². The highest BCUT2D eigenvalue weighted by Crippen LogP contribution is 2.25. The third-order valence-electron chi connectivity index (χ3n) is 3.06. The van der Waals surface area contributed by atoms with Crippen molar-refractivity contribution >= 4 is 27.5 Å². The fraction of sp³-hybridized carbons (Fsp3) is 0.462. The summed E-state index contributed by atoms with van der Waals surface area (Å²) in [6, 6.07) is 0. The van der Waals surface area contributed by atoms with E-state index in [1.807, 2.05) is 13.8 Å². The van der Waals surface area contributed by atoms with Crippen LogP contribution in [-0.2, 0) is 11.3 Å². The smallest absolute Gasteiger partial charge is 0.259 e. The molecular weight excluding hydrogens is 276 g/mol. The summed E-state index contributed by atoms with van der Waals surface area (Å²) in [4.78, 5) is 31.9. The number of thiophene rings is 1. The predicted molar refractivity (Wildman–Crippen MR) is 80.1 cm³/mol. The molecule has 7 heteroatoms. The second kappa shape index (κ2) is 6.15. The number of carbonyl (C=O) groups excluding carboxylic acids is 1. The molecule has 6 nitrogen and oxygen atoms in total. The highest BCUT2D eigenvalue weighted by Gasteiger charge is 2.11. The van der Waals surface area contributed by atoms with Crippen LogP contribution >= 0.6 is 11.3 Å². The third-order valence-corrected chi connectivity index (χ3v) is 4.16. The molecule has 1 amide bonds. The molecule has 0 aliphatic carbocycles. The number of carbonyl (C=O) groups is 1. The topological polar surface area (TPSA) is 86.9 Å². The van der Waals surface area contributed by atoms with Gasteiger partial charge in [0.05, 0.1) is 11.9 Å². The number of nitrogens with one attached hydrogen (secondary N) is 3. The van der Waals surface area contributed by atoms with Crippen LogP contribution < -0.4 is 16.2 Å². The number of H-pyrrole nitrogens is 1. The lowest BCUT2D eigenvalue weighted by Crippen LogP contribution is -2.30. The van der Waals surface area contributed by atoms with Crippen molar-refractivity contribution in [3.63, 3.8) is 0 Å². The third kappa shape index (κ3) is 3.23. The number of hydrogen-bond acceptors (Lipinski definition) is 5. The number of amides is 1. The highest BCUT2D eigenvalue weighted by atomic mass is 32.1. The van der Waals surface area contributed by atoms with E-state index in [1.54, 1.807) is 0 Å². The Morgan fingerprint density at radius 1 is 1.35 bits per heavy atom. The summed E-state index contributed by atoms with van der Waals surface area (Å²) in [5.74, 6) is 0.566. The Hall–Kier alpha value is -1.73. The summed E-state index contributed by atoms with van der Waals surface area (Å²) >= 11 is 1.54. The Labute approximate surface area is 120 Å². The quantitative estimate of drug-likeness (QED) is 0.713. The second-order valence-electron chi connectivity index (χ2n) is 4.64. The molecule has 2 aromatic rings. The van der Waals surface area contributed by atoms with Gasteiger partial charge in [0.2, 0.25) is 5.91 Å². The molecule has 0 fully saturated rings. The molecule has 0 spiro atoms. The molecule has 0 aromatic carbocycles. The SMILES string of the molecule is CC(=O)NCCNCc1nc2sc(C)c(C)c2c(=O)[nH]1. The van der Waals surface area contributed by atoms with Crippen molar-refractivity contribution in [2.45, 2.75) is 27.3 Å². The predicted octanol–water partition coefficient (Wildman–Crippen LogP) is 0.827. The van der Waals surface area contributed by atoms with Crippen LogP contribution in [0.5, 0.6) is 0 Å². The molecule has 2 rings (SSSR count). The molecule has 0 aliphatic rings. The minimum Gasteiger partial charge on any atom is -0.355 e. The van der Waals surface area contributed by atoms with E-state index in [4.69, 9.17) is 0 Å². The average Bonchev–Trinajstić information content (AvgIpc) is 2.64. The van der Waals surface area contributed by atoms with E-state index in [2.05, 4.69) is 20.6 Å². The van der Waals surface area contributed by atoms with Crippen LogP contribution in [0.4, 0.5) is 0 Å². The Bertz CT molecular complexity index is 689. The number of aromatic amines is 1. The maximum Gasteiger partial charge on any atom is 0.259 e. The van der Waals surface area contributed by atoms with Crippen LogP contribution in [0.25, 0.3) is 10.2 Å². The number of aromatic nitrogens is 2. The second-order valence-corrected chi connectivity index (χ2v) is 5.84. The van der Waals surface area contributed by atoms with Crippen LogP contribution in [0, 0.1) is 13.8 Å². The number of rotatable bonds is 5.